The molecular weight excluding hydrogens is 240 g/mol. The zero-order chi connectivity index (χ0) is 12.2. The van der Waals surface area contributed by atoms with Crippen LogP contribution in [0.25, 0.3) is 0 Å². The average Bonchev–Trinajstić information content (AvgIpc) is 2.87. The van der Waals surface area contributed by atoms with E-state index in [0.29, 0.717) is 22.6 Å². The van der Waals surface area contributed by atoms with Crippen molar-refractivity contribution in [2.24, 2.45) is 0 Å². The highest BCUT2D eigenvalue weighted by Gasteiger charge is 2.41. The summed E-state index contributed by atoms with van der Waals surface area (Å²) < 4.78 is 5.16. The largest absolute Gasteiger partial charge is 0.494 e. The molecule has 0 aromatic heterocycles. The van der Waals surface area contributed by atoms with Gasteiger partial charge in [0, 0.05) is 0 Å². The third-order valence-electron chi connectivity index (χ3n) is 4.01. The van der Waals surface area contributed by atoms with E-state index < -0.39 is 5.97 Å². The summed E-state index contributed by atoms with van der Waals surface area (Å²) in [5.74, 6) is 0.252. The van der Waals surface area contributed by atoms with Crippen LogP contribution in [0.15, 0.2) is 6.07 Å². The Kier molecular flexibility index (Phi) is 2.33. The molecule has 1 aromatic carbocycles. The molecule has 2 bridgehead atoms. The number of carbonyl (C=O) groups is 1. The molecular formula is C13H13ClO3. The van der Waals surface area contributed by atoms with E-state index in [1.807, 2.05) is 6.07 Å². The van der Waals surface area contributed by atoms with Gasteiger partial charge in [-0.25, -0.2) is 4.79 Å². The summed E-state index contributed by atoms with van der Waals surface area (Å²) in [4.78, 5) is 11.4. The summed E-state index contributed by atoms with van der Waals surface area (Å²) in [5, 5.41) is 9.79. The molecule has 3 nitrogen and oxygen atoms in total. The van der Waals surface area contributed by atoms with E-state index in [1.165, 1.54) is 7.11 Å². The van der Waals surface area contributed by atoms with Crippen LogP contribution in [0.2, 0.25) is 5.02 Å². The highest BCUT2D eigenvalue weighted by molar-refractivity contribution is 6.32. The van der Waals surface area contributed by atoms with Gasteiger partial charge in [0.05, 0.1) is 12.1 Å². The Morgan fingerprint density at radius 3 is 2.82 bits per heavy atom. The number of carboxylic acid groups (broad SMARTS) is 1. The lowest BCUT2D eigenvalue weighted by molar-refractivity contribution is 0.0691. The molecule has 2 aliphatic rings. The Balaban J connectivity index is 2.30. The molecule has 3 rings (SSSR count). The topological polar surface area (TPSA) is 46.5 Å². The summed E-state index contributed by atoms with van der Waals surface area (Å²) in [5.41, 5.74) is 2.38. The number of aromatic carboxylic acids is 1. The molecule has 17 heavy (non-hydrogen) atoms. The second kappa shape index (κ2) is 3.64. The normalized spacial score (nSPS) is 24.8. The van der Waals surface area contributed by atoms with Crippen molar-refractivity contribution in [3.63, 3.8) is 0 Å². The van der Waals surface area contributed by atoms with E-state index in [4.69, 9.17) is 16.3 Å². The number of fused-ring (bicyclic) bond motifs is 5. The predicted molar refractivity (Wildman–Crippen MR) is 64.3 cm³/mol. The van der Waals surface area contributed by atoms with Gasteiger partial charge in [0.1, 0.15) is 5.56 Å². The second-order valence-corrected chi connectivity index (χ2v) is 5.19. The molecule has 2 aliphatic carbocycles. The van der Waals surface area contributed by atoms with Gasteiger partial charge < -0.3 is 9.84 Å². The smallest absolute Gasteiger partial charge is 0.339 e. The lowest BCUT2D eigenvalue weighted by Gasteiger charge is -2.20. The fraction of sp³-hybridized carbons (Fsp3) is 0.462. The lowest BCUT2D eigenvalue weighted by atomic mass is 9.87. The van der Waals surface area contributed by atoms with Gasteiger partial charge in [-0.05, 0) is 48.3 Å². The Bertz CT molecular complexity index is 510. The zero-order valence-corrected chi connectivity index (χ0v) is 10.3. The van der Waals surface area contributed by atoms with Crippen molar-refractivity contribution < 1.29 is 14.6 Å². The molecule has 1 saturated carbocycles. The Hall–Kier alpha value is -1.22. The number of hydrogen-bond donors (Lipinski definition) is 1. The molecule has 1 fully saturated rings. The van der Waals surface area contributed by atoms with Gasteiger partial charge in [-0.2, -0.15) is 0 Å². The minimum absolute atomic E-state index is 0.280. The fourth-order valence-electron chi connectivity index (χ4n) is 3.38. The summed E-state index contributed by atoms with van der Waals surface area (Å²) in [6.07, 6.45) is 3.31. The van der Waals surface area contributed by atoms with Crippen molar-refractivity contribution in [1.29, 1.82) is 0 Å². The van der Waals surface area contributed by atoms with Crippen molar-refractivity contribution in [2.75, 3.05) is 7.11 Å². The van der Waals surface area contributed by atoms with Gasteiger partial charge in [-0.15, -0.1) is 0 Å². The first-order chi connectivity index (χ1) is 8.13. The molecule has 2 atom stereocenters. The maximum atomic E-state index is 11.4. The number of ether oxygens (including phenoxy) is 1. The molecule has 4 heteroatoms. The van der Waals surface area contributed by atoms with Gasteiger partial charge >= 0.3 is 5.97 Å². The van der Waals surface area contributed by atoms with Crippen LogP contribution >= 0.6 is 11.6 Å². The van der Waals surface area contributed by atoms with Crippen LogP contribution in [-0.2, 0) is 0 Å². The van der Waals surface area contributed by atoms with Crippen LogP contribution in [0.1, 0.15) is 52.6 Å². The molecule has 0 amide bonds. The maximum Gasteiger partial charge on any atom is 0.339 e. The van der Waals surface area contributed by atoms with Crippen molar-refractivity contribution in [3.05, 3.63) is 27.8 Å². The van der Waals surface area contributed by atoms with Crippen LogP contribution < -0.4 is 4.74 Å². The van der Waals surface area contributed by atoms with Crippen LogP contribution in [0.4, 0.5) is 0 Å². The number of hydrogen-bond acceptors (Lipinski definition) is 2. The van der Waals surface area contributed by atoms with E-state index in [2.05, 4.69) is 0 Å². The van der Waals surface area contributed by atoms with Crippen molar-refractivity contribution in [1.82, 2.24) is 0 Å². The summed E-state index contributed by atoms with van der Waals surface area (Å²) in [6.45, 7) is 0. The molecule has 1 aromatic rings. The quantitative estimate of drug-likeness (QED) is 0.877. The first-order valence-corrected chi connectivity index (χ1v) is 6.14. The van der Waals surface area contributed by atoms with Crippen LogP contribution in [0.3, 0.4) is 0 Å². The molecule has 1 N–H and O–H groups in total. The Morgan fingerprint density at radius 1 is 1.47 bits per heavy atom. The minimum atomic E-state index is -0.937. The van der Waals surface area contributed by atoms with Crippen LogP contribution in [-0.4, -0.2) is 18.2 Å². The Morgan fingerprint density at radius 2 is 2.18 bits per heavy atom. The van der Waals surface area contributed by atoms with Crippen molar-refractivity contribution >= 4 is 17.6 Å². The number of carboxylic acids is 1. The third-order valence-corrected chi connectivity index (χ3v) is 4.29. The summed E-state index contributed by atoms with van der Waals surface area (Å²) in [7, 11) is 1.47. The molecule has 2 unspecified atom stereocenters. The highest BCUT2D eigenvalue weighted by Crippen LogP contribution is 2.56. The van der Waals surface area contributed by atoms with Crippen molar-refractivity contribution in [2.45, 2.75) is 31.1 Å². The monoisotopic (exact) mass is 252 g/mol. The minimum Gasteiger partial charge on any atom is -0.494 e. The molecule has 90 valence electrons. The number of rotatable bonds is 2. The van der Waals surface area contributed by atoms with Gasteiger partial charge in [0.25, 0.3) is 0 Å². The molecule has 0 aliphatic heterocycles. The zero-order valence-electron chi connectivity index (χ0n) is 9.50. The first kappa shape index (κ1) is 10.9. The third kappa shape index (κ3) is 1.38. The van der Waals surface area contributed by atoms with Gasteiger partial charge in [-0.3, -0.25) is 0 Å². The van der Waals surface area contributed by atoms with E-state index in [-0.39, 0.29) is 5.56 Å². The van der Waals surface area contributed by atoms with Crippen LogP contribution in [0.5, 0.6) is 5.75 Å². The summed E-state index contributed by atoms with van der Waals surface area (Å²) >= 11 is 6.11. The Labute approximate surface area is 104 Å². The predicted octanol–water partition coefficient (Wildman–Crippen LogP) is 3.41. The van der Waals surface area contributed by atoms with E-state index in [9.17, 15) is 9.90 Å². The highest BCUT2D eigenvalue weighted by atomic mass is 35.5. The van der Waals surface area contributed by atoms with Gasteiger partial charge in [0.2, 0.25) is 0 Å². The van der Waals surface area contributed by atoms with Gasteiger partial charge in [0.15, 0.2) is 5.75 Å². The second-order valence-electron chi connectivity index (χ2n) is 4.78. The van der Waals surface area contributed by atoms with Crippen molar-refractivity contribution in [3.8, 4) is 5.75 Å². The fourth-order valence-corrected chi connectivity index (χ4v) is 3.67. The number of benzene rings is 1. The van der Waals surface area contributed by atoms with E-state index >= 15 is 0 Å². The van der Waals surface area contributed by atoms with E-state index in [0.717, 1.165) is 30.4 Å². The molecule has 0 radical (unpaired) electrons. The SMILES string of the molecule is COc1c(Cl)cc2c(c1C(=O)O)C1CCC2C1. The number of methoxy groups -OCH3 is 1. The van der Waals surface area contributed by atoms with E-state index in [1.54, 1.807) is 0 Å². The average molecular weight is 253 g/mol. The lowest BCUT2D eigenvalue weighted by Crippen LogP contribution is -2.10. The van der Waals surface area contributed by atoms with Gasteiger partial charge in [-0.1, -0.05) is 11.6 Å². The maximum absolute atomic E-state index is 11.4. The standard InChI is InChI=1S/C13H13ClO3/c1-17-12-9(14)5-8-6-2-3-7(4-6)10(8)11(12)13(15)16/h5-7H,2-4H2,1H3,(H,15,16). The molecule has 0 heterocycles. The van der Waals surface area contributed by atoms with Crippen LogP contribution in [0, 0.1) is 0 Å². The number of halogens is 1. The molecule has 0 spiro atoms. The summed E-state index contributed by atoms with van der Waals surface area (Å²) in [6, 6.07) is 1.89. The first-order valence-electron chi connectivity index (χ1n) is 5.77. The molecule has 0 saturated heterocycles.